The van der Waals surface area contributed by atoms with Gasteiger partial charge in [0.25, 0.3) is 0 Å². The van der Waals surface area contributed by atoms with Gasteiger partial charge < -0.3 is 5.32 Å². The maximum Gasteiger partial charge on any atom is 0.0388 e. The molecule has 2 heteroatoms. The summed E-state index contributed by atoms with van der Waals surface area (Å²) in [4.78, 5) is 1.44. The molecule has 0 bridgehead atoms. The Morgan fingerprint density at radius 1 is 1.17 bits per heavy atom. The van der Waals surface area contributed by atoms with Gasteiger partial charge in [0.05, 0.1) is 0 Å². The molecule has 0 spiro atoms. The molecule has 3 rings (SSSR count). The Morgan fingerprint density at radius 2 is 2.00 bits per heavy atom. The molecule has 1 nitrogen and oxygen atoms in total. The summed E-state index contributed by atoms with van der Waals surface area (Å²) in [6, 6.07) is 14.3. The third-order valence-corrected chi connectivity index (χ3v) is 4.86. The number of fused-ring (bicyclic) bond motifs is 1. The Kier molecular flexibility index (Phi) is 3.48. The van der Waals surface area contributed by atoms with Crippen molar-refractivity contribution in [2.24, 2.45) is 0 Å². The van der Waals surface area contributed by atoms with E-state index in [1.807, 2.05) is 11.3 Å². The summed E-state index contributed by atoms with van der Waals surface area (Å²) < 4.78 is 0. The molecule has 0 saturated carbocycles. The largest absolute Gasteiger partial charge is 0.306 e. The van der Waals surface area contributed by atoms with Gasteiger partial charge in [0.2, 0.25) is 0 Å². The van der Waals surface area contributed by atoms with E-state index in [9.17, 15) is 0 Å². The zero-order valence-electron chi connectivity index (χ0n) is 10.7. The molecule has 2 atom stereocenters. The lowest BCUT2D eigenvalue weighted by Crippen LogP contribution is -2.36. The highest BCUT2D eigenvalue weighted by Crippen LogP contribution is 2.24. The van der Waals surface area contributed by atoms with Crippen molar-refractivity contribution in [3.63, 3.8) is 0 Å². The predicted molar refractivity (Wildman–Crippen MR) is 78.1 cm³/mol. The number of hydrogen-bond acceptors (Lipinski definition) is 2. The van der Waals surface area contributed by atoms with Gasteiger partial charge in [-0.25, -0.2) is 0 Å². The van der Waals surface area contributed by atoms with Crippen molar-refractivity contribution in [3.8, 4) is 0 Å². The minimum Gasteiger partial charge on any atom is -0.306 e. The van der Waals surface area contributed by atoms with Crippen LogP contribution in [-0.4, -0.2) is 6.04 Å². The standard InChI is InChI=1S/C16H19NS/c1-12(16-7-4-10-18-16)17-15-9-8-13-5-2-3-6-14(13)11-15/h2-7,10,12,15,17H,8-9,11H2,1H3. The number of benzene rings is 1. The molecule has 1 aliphatic carbocycles. The van der Waals surface area contributed by atoms with Gasteiger partial charge in [-0.05, 0) is 48.8 Å². The molecule has 2 unspecified atom stereocenters. The van der Waals surface area contributed by atoms with Crippen LogP contribution in [0.3, 0.4) is 0 Å². The first-order valence-electron chi connectivity index (χ1n) is 6.69. The van der Waals surface area contributed by atoms with Crippen LogP contribution in [0.5, 0.6) is 0 Å². The first-order chi connectivity index (χ1) is 8.83. The minimum absolute atomic E-state index is 0.472. The van der Waals surface area contributed by atoms with E-state index in [1.165, 1.54) is 29.7 Å². The second-order valence-electron chi connectivity index (χ2n) is 5.11. The van der Waals surface area contributed by atoms with E-state index >= 15 is 0 Å². The van der Waals surface area contributed by atoms with Crippen molar-refractivity contribution in [3.05, 3.63) is 57.8 Å². The average molecular weight is 257 g/mol. The average Bonchev–Trinajstić information content (AvgIpc) is 2.92. The maximum atomic E-state index is 3.77. The number of rotatable bonds is 3. The smallest absolute Gasteiger partial charge is 0.0388 e. The summed E-state index contributed by atoms with van der Waals surface area (Å²) >= 11 is 1.84. The van der Waals surface area contributed by atoms with Crippen LogP contribution in [0.4, 0.5) is 0 Å². The molecule has 94 valence electrons. The SMILES string of the molecule is CC(NC1CCc2ccccc2C1)c1cccs1. The molecule has 0 aliphatic heterocycles. The molecule has 1 aromatic heterocycles. The van der Waals surface area contributed by atoms with Crippen molar-refractivity contribution in [2.45, 2.75) is 38.3 Å². The van der Waals surface area contributed by atoms with Gasteiger partial charge in [0.15, 0.2) is 0 Å². The molecule has 1 aromatic carbocycles. The Bertz CT molecular complexity index is 504. The second kappa shape index (κ2) is 5.25. The first kappa shape index (κ1) is 11.9. The van der Waals surface area contributed by atoms with E-state index in [0.29, 0.717) is 12.1 Å². The Labute approximate surface area is 113 Å². The number of aryl methyl sites for hydroxylation is 1. The van der Waals surface area contributed by atoms with Crippen molar-refractivity contribution < 1.29 is 0 Å². The number of hydrogen-bond donors (Lipinski definition) is 1. The maximum absolute atomic E-state index is 3.77. The summed E-state index contributed by atoms with van der Waals surface area (Å²) in [6.07, 6.45) is 3.64. The molecule has 0 saturated heterocycles. The molecule has 0 radical (unpaired) electrons. The summed E-state index contributed by atoms with van der Waals surface area (Å²) in [7, 11) is 0. The van der Waals surface area contributed by atoms with Crippen molar-refractivity contribution in [2.75, 3.05) is 0 Å². The Balaban J connectivity index is 1.66. The molecule has 0 amide bonds. The lowest BCUT2D eigenvalue weighted by molar-refractivity contribution is 0.417. The quantitative estimate of drug-likeness (QED) is 0.877. The lowest BCUT2D eigenvalue weighted by Gasteiger charge is -2.28. The predicted octanol–water partition coefficient (Wildman–Crippen LogP) is 3.96. The van der Waals surface area contributed by atoms with E-state index in [0.717, 1.165) is 0 Å². The van der Waals surface area contributed by atoms with Gasteiger partial charge in [-0.2, -0.15) is 0 Å². The van der Waals surface area contributed by atoms with Gasteiger partial charge in [-0.15, -0.1) is 11.3 Å². The molecule has 18 heavy (non-hydrogen) atoms. The summed E-state index contributed by atoms with van der Waals surface area (Å²) in [5.74, 6) is 0. The first-order valence-corrected chi connectivity index (χ1v) is 7.57. The van der Waals surface area contributed by atoms with Gasteiger partial charge >= 0.3 is 0 Å². The minimum atomic E-state index is 0.472. The molecular formula is C16H19NS. The zero-order chi connectivity index (χ0) is 12.4. The van der Waals surface area contributed by atoms with E-state index in [1.54, 1.807) is 5.56 Å². The molecule has 1 N–H and O–H groups in total. The number of thiophene rings is 1. The van der Waals surface area contributed by atoms with Crippen LogP contribution in [0, 0.1) is 0 Å². The Hall–Kier alpha value is -1.12. The fourth-order valence-electron chi connectivity index (χ4n) is 2.81. The molecule has 0 fully saturated rings. The van der Waals surface area contributed by atoms with Gasteiger partial charge in [0.1, 0.15) is 0 Å². The van der Waals surface area contributed by atoms with Crippen molar-refractivity contribution in [1.29, 1.82) is 0 Å². The van der Waals surface area contributed by atoms with E-state index in [4.69, 9.17) is 0 Å². The monoisotopic (exact) mass is 257 g/mol. The van der Waals surface area contributed by atoms with Crippen LogP contribution < -0.4 is 5.32 Å². The summed E-state index contributed by atoms with van der Waals surface area (Å²) in [5.41, 5.74) is 3.07. The summed E-state index contributed by atoms with van der Waals surface area (Å²) in [5, 5.41) is 5.93. The van der Waals surface area contributed by atoms with Crippen molar-refractivity contribution >= 4 is 11.3 Å². The van der Waals surface area contributed by atoms with Gasteiger partial charge in [-0.1, -0.05) is 30.3 Å². The van der Waals surface area contributed by atoms with Crippen LogP contribution in [0.2, 0.25) is 0 Å². The molecule has 1 aliphatic rings. The highest BCUT2D eigenvalue weighted by molar-refractivity contribution is 7.10. The van der Waals surface area contributed by atoms with Gasteiger partial charge in [0, 0.05) is 17.0 Å². The van der Waals surface area contributed by atoms with Crippen LogP contribution in [0.25, 0.3) is 0 Å². The van der Waals surface area contributed by atoms with Crippen LogP contribution >= 0.6 is 11.3 Å². The lowest BCUT2D eigenvalue weighted by atomic mass is 9.88. The zero-order valence-corrected chi connectivity index (χ0v) is 11.5. The molecular weight excluding hydrogens is 238 g/mol. The van der Waals surface area contributed by atoms with Crippen LogP contribution in [-0.2, 0) is 12.8 Å². The summed E-state index contributed by atoms with van der Waals surface area (Å²) in [6.45, 7) is 2.27. The Morgan fingerprint density at radius 3 is 2.78 bits per heavy atom. The normalized spacial score (nSPS) is 20.4. The van der Waals surface area contributed by atoms with Crippen LogP contribution in [0.15, 0.2) is 41.8 Å². The van der Waals surface area contributed by atoms with Gasteiger partial charge in [-0.3, -0.25) is 0 Å². The highest BCUT2D eigenvalue weighted by atomic mass is 32.1. The third-order valence-electron chi connectivity index (χ3n) is 3.80. The highest BCUT2D eigenvalue weighted by Gasteiger charge is 2.20. The van der Waals surface area contributed by atoms with Crippen LogP contribution in [0.1, 0.15) is 35.4 Å². The van der Waals surface area contributed by atoms with E-state index in [2.05, 4.69) is 54.0 Å². The third kappa shape index (κ3) is 2.50. The topological polar surface area (TPSA) is 12.0 Å². The van der Waals surface area contributed by atoms with Crippen molar-refractivity contribution in [1.82, 2.24) is 5.32 Å². The fraction of sp³-hybridized carbons (Fsp3) is 0.375. The van der Waals surface area contributed by atoms with E-state index in [-0.39, 0.29) is 0 Å². The fourth-order valence-corrected chi connectivity index (χ4v) is 3.56. The second-order valence-corrected chi connectivity index (χ2v) is 6.09. The molecule has 1 heterocycles. The number of nitrogens with one attached hydrogen (secondary N) is 1. The molecule has 2 aromatic rings. The van der Waals surface area contributed by atoms with E-state index < -0.39 is 0 Å².